The molecule has 1 aromatic carbocycles. The molecular weight excluding hydrogens is 190 g/mol. The topological polar surface area (TPSA) is 44.7 Å². The highest BCUT2D eigenvalue weighted by Gasteiger charge is 2.17. The van der Waals surface area contributed by atoms with Crippen LogP contribution in [0, 0.1) is 0 Å². The van der Waals surface area contributed by atoms with Crippen LogP contribution in [0.1, 0.15) is 6.42 Å². The smallest absolute Gasteiger partial charge is 0.242 e. The van der Waals surface area contributed by atoms with E-state index in [1.807, 2.05) is 36.5 Å². The first-order chi connectivity index (χ1) is 7.33. The Morgan fingerprint density at radius 1 is 1.33 bits per heavy atom. The summed E-state index contributed by atoms with van der Waals surface area (Å²) >= 11 is 0. The molecule has 2 aliphatic heterocycles. The Kier molecular flexibility index (Phi) is 1.62. The number of hydrogen-bond donors (Lipinski definition) is 1. The number of amides is 1. The van der Waals surface area contributed by atoms with Crippen LogP contribution in [0.3, 0.4) is 0 Å². The molecule has 0 unspecified atom stereocenters. The first kappa shape index (κ1) is 8.23. The number of hydrazine groups is 1. The minimum absolute atomic E-state index is 0.00965. The van der Waals surface area contributed by atoms with Gasteiger partial charge in [0.15, 0.2) is 0 Å². The maximum atomic E-state index is 11.2. The molecule has 0 saturated carbocycles. The van der Waals surface area contributed by atoms with Gasteiger partial charge < -0.3 is 0 Å². The predicted octanol–water partition coefficient (Wildman–Crippen LogP) is -0.364. The van der Waals surface area contributed by atoms with Gasteiger partial charge in [-0.2, -0.15) is 0 Å². The molecule has 2 aliphatic rings. The molecule has 4 nitrogen and oxygen atoms in total. The summed E-state index contributed by atoms with van der Waals surface area (Å²) in [6.45, 7) is 0. The fraction of sp³-hybridized carbons (Fsp3) is 0.0909. The third kappa shape index (κ3) is 1.30. The van der Waals surface area contributed by atoms with Crippen LogP contribution in [-0.4, -0.2) is 10.9 Å². The van der Waals surface area contributed by atoms with E-state index in [2.05, 4.69) is 10.4 Å². The van der Waals surface area contributed by atoms with E-state index in [9.17, 15) is 4.79 Å². The van der Waals surface area contributed by atoms with Crippen LogP contribution < -0.4 is 16.0 Å². The summed E-state index contributed by atoms with van der Waals surface area (Å²) in [5.74, 6) is 0.776. The second-order valence-electron chi connectivity index (χ2n) is 3.47. The van der Waals surface area contributed by atoms with Crippen molar-refractivity contribution >= 4 is 12.1 Å². The number of hydrogen-bond acceptors (Lipinski definition) is 3. The molecular formula is C11H9N3O. The Balaban J connectivity index is 2.22. The second-order valence-corrected chi connectivity index (χ2v) is 3.47. The van der Waals surface area contributed by atoms with Crippen molar-refractivity contribution in [2.75, 3.05) is 0 Å². The SMILES string of the molecule is O=C1CC=C2N=c3ccccc3=CN2N1. The van der Waals surface area contributed by atoms with Gasteiger partial charge in [-0.1, -0.05) is 18.2 Å². The van der Waals surface area contributed by atoms with E-state index < -0.39 is 0 Å². The minimum atomic E-state index is -0.00965. The molecule has 0 aliphatic carbocycles. The van der Waals surface area contributed by atoms with E-state index in [-0.39, 0.29) is 5.91 Å². The predicted molar refractivity (Wildman–Crippen MR) is 54.4 cm³/mol. The number of rotatable bonds is 0. The normalized spacial score (nSPS) is 17.7. The molecule has 0 bridgehead atoms. The molecule has 1 N–H and O–H groups in total. The first-order valence-corrected chi connectivity index (χ1v) is 4.77. The number of carbonyl (C=O) groups excluding carboxylic acids is 1. The summed E-state index contributed by atoms with van der Waals surface area (Å²) in [5.41, 5.74) is 2.74. The van der Waals surface area contributed by atoms with E-state index in [1.165, 1.54) is 0 Å². The number of para-hydroxylation sites is 1. The third-order valence-corrected chi connectivity index (χ3v) is 2.40. The van der Waals surface area contributed by atoms with E-state index in [0.717, 1.165) is 16.4 Å². The van der Waals surface area contributed by atoms with Gasteiger partial charge in [0, 0.05) is 11.4 Å². The zero-order valence-electron chi connectivity index (χ0n) is 7.97. The average Bonchev–Trinajstić information content (AvgIpc) is 2.26. The molecule has 0 radical (unpaired) electrons. The van der Waals surface area contributed by atoms with Gasteiger partial charge in [0.2, 0.25) is 5.91 Å². The van der Waals surface area contributed by atoms with Gasteiger partial charge in [-0.15, -0.1) is 0 Å². The van der Waals surface area contributed by atoms with Crippen LogP contribution in [0.2, 0.25) is 0 Å². The molecule has 0 saturated heterocycles. The molecule has 15 heavy (non-hydrogen) atoms. The van der Waals surface area contributed by atoms with Crippen molar-refractivity contribution in [2.45, 2.75) is 6.42 Å². The number of nitrogens with one attached hydrogen (secondary N) is 1. The van der Waals surface area contributed by atoms with Crippen molar-refractivity contribution in [3.05, 3.63) is 46.7 Å². The fourth-order valence-corrected chi connectivity index (χ4v) is 1.68. The monoisotopic (exact) mass is 199 g/mol. The zero-order chi connectivity index (χ0) is 10.3. The van der Waals surface area contributed by atoms with Crippen LogP contribution in [0.5, 0.6) is 0 Å². The first-order valence-electron chi connectivity index (χ1n) is 4.77. The van der Waals surface area contributed by atoms with Gasteiger partial charge in [-0.25, -0.2) is 10.0 Å². The highest BCUT2D eigenvalue weighted by molar-refractivity contribution is 5.79. The molecule has 1 aromatic rings. The van der Waals surface area contributed by atoms with Crippen LogP contribution in [0.25, 0.3) is 6.20 Å². The van der Waals surface area contributed by atoms with Gasteiger partial charge in [0.05, 0.1) is 11.8 Å². The number of nitrogens with zero attached hydrogens (tertiary/aromatic N) is 2. The highest BCUT2D eigenvalue weighted by atomic mass is 16.2. The molecule has 0 atom stereocenters. The quantitative estimate of drug-likeness (QED) is 0.620. The third-order valence-electron chi connectivity index (χ3n) is 2.40. The summed E-state index contributed by atoms with van der Waals surface area (Å²) in [5, 5.41) is 3.61. The second kappa shape index (κ2) is 2.95. The summed E-state index contributed by atoms with van der Waals surface area (Å²) < 4.78 is 0. The number of carbonyl (C=O) groups is 1. The summed E-state index contributed by atoms with van der Waals surface area (Å²) in [4.78, 5) is 15.6. The van der Waals surface area contributed by atoms with Crippen LogP contribution in [0.15, 0.2) is 41.2 Å². The lowest BCUT2D eigenvalue weighted by atomic mass is 10.2. The van der Waals surface area contributed by atoms with Crippen LogP contribution in [-0.2, 0) is 4.79 Å². The molecule has 2 heterocycles. The lowest BCUT2D eigenvalue weighted by Crippen LogP contribution is -2.45. The van der Waals surface area contributed by atoms with E-state index in [0.29, 0.717) is 6.42 Å². The van der Waals surface area contributed by atoms with Crippen molar-refractivity contribution in [1.29, 1.82) is 0 Å². The average molecular weight is 199 g/mol. The Bertz CT molecular complexity index is 574. The Morgan fingerprint density at radius 2 is 2.20 bits per heavy atom. The number of benzene rings is 1. The summed E-state index contributed by atoms with van der Waals surface area (Å²) in [6.07, 6.45) is 4.10. The standard InChI is InChI=1S/C11H9N3O/c15-11-6-5-10-12-9-4-2-1-3-8(9)7-14(10)13-11/h1-5,7H,6H2,(H,13,15). The molecule has 1 amide bonds. The summed E-state index contributed by atoms with van der Waals surface area (Å²) in [6, 6.07) is 7.83. The van der Waals surface area contributed by atoms with Crippen molar-refractivity contribution in [3.8, 4) is 0 Å². The van der Waals surface area contributed by atoms with E-state index >= 15 is 0 Å². The van der Waals surface area contributed by atoms with E-state index in [1.54, 1.807) is 5.01 Å². The number of fused-ring (bicyclic) bond motifs is 2. The fourth-order valence-electron chi connectivity index (χ4n) is 1.68. The minimum Gasteiger partial charge on any atom is -0.273 e. The van der Waals surface area contributed by atoms with Crippen LogP contribution >= 0.6 is 0 Å². The molecule has 0 spiro atoms. The largest absolute Gasteiger partial charge is 0.273 e. The molecule has 0 aromatic heterocycles. The maximum absolute atomic E-state index is 11.2. The Labute approximate surface area is 86.2 Å². The van der Waals surface area contributed by atoms with Crippen molar-refractivity contribution in [3.63, 3.8) is 0 Å². The Hall–Kier alpha value is -2.10. The van der Waals surface area contributed by atoms with Crippen molar-refractivity contribution in [1.82, 2.24) is 10.4 Å². The van der Waals surface area contributed by atoms with Crippen molar-refractivity contribution in [2.24, 2.45) is 4.99 Å². The summed E-state index contributed by atoms with van der Waals surface area (Å²) in [7, 11) is 0. The van der Waals surface area contributed by atoms with Crippen molar-refractivity contribution < 1.29 is 4.79 Å². The zero-order valence-corrected chi connectivity index (χ0v) is 7.97. The van der Waals surface area contributed by atoms with Gasteiger partial charge in [0.1, 0.15) is 5.82 Å². The van der Waals surface area contributed by atoms with Crippen LogP contribution in [0.4, 0.5) is 0 Å². The molecule has 4 heteroatoms. The maximum Gasteiger partial charge on any atom is 0.242 e. The molecule has 0 fully saturated rings. The lowest BCUT2D eigenvalue weighted by Gasteiger charge is -2.26. The van der Waals surface area contributed by atoms with Gasteiger partial charge in [-0.3, -0.25) is 10.2 Å². The van der Waals surface area contributed by atoms with Gasteiger partial charge >= 0.3 is 0 Å². The van der Waals surface area contributed by atoms with E-state index in [4.69, 9.17) is 0 Å². The molecule has 3 rings (SSSR count). The Morgan fingerprint density at radius 3 is 3.13 bits per heavy atom. The van der Waals surface area contributed by atoms with Gasteiger partial charge in [0.25, 0.3) is 0 Å². The lowest BCUT2D eigenvalue weighted by molar-refractivity contribution is -0.123. The highest BCUT2D eigenvalue weighted by Crippen LogP contribution is 2.10. The van der Waals surface area contributed by atoms with Gasteiger partial charge in [-0.05, 0) is 12.1 Å². The molecule has 74 valence electrons.